The van der Waals surface area contributed by atoms with Crippen molar-refractivity contribution in [1.29, 1.82) is 0 Å². The van der Waals surface area contributed by atoms with Gasteiger partial charge in [0.05, 0.1) is 5.41 Å². The second-order valence-electron chi connectivity index (χ2n) is 6.30. The lowest BCUT2D eigenvalue weighted by atomic mass is 9.67. The molecule has 0 spiro atoms. The van der Waals surface area contributed by atoms with E-state index < -0.39 is 5.41 Å². The summed E-state index contributed by atoms with van der Waals surface area (Å²) in [4.78, 5) is 12.3. The van der Waals surface area contributed by atoms with E-state index in [1.54, 1.807) is 0 Å². The summed E-state index contributed by atoms with van der Waals surface area (Å²) in [7, 11) is 0. The minimum Gasteiger partial charge on any atom is -0.302 e. The van der Waals surface area contributed by atoms with Gasteiger partial charge in [0, 0.05) is 14.9 Å². The molecule has 25 heavy (non-hydrogen) atoms. The molecule has 126 valence electrons. The van der Waals surface area contributed by atoms with Gasteiger partial charge < -0.3 is 4.79 Å². The lowest BCUT2D eigenvalue weighted by Gasteiger charge is -2.34. The average molecular weight is 458 g/mol. The minimum atomic E-state index is -0.664. The number of aldehydes is 1. The van der Waals surface area contributed by atoms with Crippen LogP contribution in [0.4, 0.5) is 0 Å². The quantitative estimate of drug-likeness (QED) is 0.399. The lowest BCUT2D eigenvalue weighted by Crippen LogP contribution is -2.33. The SMILES string of the molecule is C[C@@](C=O)(c1ccccc1)C(c1ccc(Br)cc1)c1ccc(Br)cc1. The molecule has 3 aromatic carbocycles. The van der Waals surface area contributed by atoms with E-state index >= 15 is 0 Å². The molecule has 0 amide bonds. The first-order chi connectivity index (χ1) is 12.0. The molecule has 0 aliphatic rings. The fourth-order valence-corrected chi connectivity index (χ4v) is 3.82. The Morgan fingerprint density at radius 3 is 1.60 bits per heavy atom. The number of halogens is 2. The monoisotopic (exact) mass is 456 g/mol. The Morgan fingerprint density at radius 2 is 1.20 bits per heavy atom. The van der Waals surface area contributed by atoms with Gasteiger partial charge in [-0.05, 0) is 47.9 Å². The largest absolute Gasteiger partial charge is 0.302 e. The van der Waals surface area contributed by atoms with Crippen LogP contribution in [0.15, 0.2) is 87.8 Å². The molecule has 0 radical (unpaired) electrons. The second kappa shape index (κ2) is 7.67. The summed E-state index contributed by atoms with van der Waals surface area (Å²) < 4.78 is 2.05. The van der Waals surface area contributed by atoms with Crippen LogP contribution in [0, 0.1) is 0 Å². The van der Waals surface area contributed by atoms with E-state index in [1.165, 1.54) is 0 Å². The highest BCUT2D eigenvalue weighted by atomic mass is 79.9. The summed E-state index contributed by atoms with van der Waals surface area (Å²) in [5, 5.41) is 0. The third-order valence-electron chi connectivity index (χ3n) is 4.65. The molecule has 0 fully saturated rings. The van der Waals surface area contributed by atoms with Gasteiger partial charge in [-0.1, -0.05) is 86.5 Å². The molecule has 0 heterocycles. The molecule has 1 atom stereocenters. The van der Waals surface area contributed by atoms with Crippen molar-refractivity contribution in [3.63, 3.8) is 0 Å². The number of carbonyl (C=O) groups is 1. The highest BCUT2D eigenvalue weighted by molar-refractivity contribution is 9.10. The fourth-order valence-electron chi connectivity index (χ4n) is 3.30. The van der Waals surface area contributed by atoms with E-state index in [0.717, 1.165) is 31.9 Å². The zero-order valence-corrected chi connectivity index (χ0v) is 17.0. The maximum atomic E-state index is 12.3. The predicted molar refractivity (Wildman–Crippen MR) is 110 cm³/mol. The van der Waals surface area contributed by atoms with Gasteiger partial charge in [-0.25, -0.2) is 0 Å². The van der Waals surface area contributed by atoms with Gasteiger partial charge in [0.15, 0.2) is 0 Å². The van der Waals surface area contributed by atoms with Crippen LogP contribution < -0.4 is 0 Å². The molecular formula is C22H18Br2O. The van der Waals surface area contributed by atoms with E-state index in [0.29, 0.717) is 0 Å². The highest BCUT2D eigenvalue weighted by Crippen LogP contribution is 2.42. The summed E-state index contributed by atoms with van der Waals surface area (Å²) in [6.45, 7) is 2.02. The van der Waals surface area contributed by atoms with Crippen LogP contribution in [0.2, 0.25) is 0 Å². The van der Waals surface area contributed by atoms with Gasteiger partial charge in [-0.15, -0.1) is 0 Å². The number of carbonyl (C=O) groups excluding carboxylic acids is 1. The third-order valence-corrected chi connectivity index (χ3v) is 5.70. The molecule has 0 saturated heterocycles. The summed E-state index contributed by atoms with van der Waals surface area (Å²) in [5.74, 6) is -0.0754. The molecule has 0 aliphatic carbocycles. The molecular weight excluding hydrogens is 440 g/mol. The summed E-state index contributed by atoms with van der Waals surface area (Å²) in [6, 6.07) is 26.4. The molecule has 0 saturated carbocycles. The molecule has 1 nitrogen and oxygen atoms in total. The lowest BCUT2D eigenvalue weighted by molar-refractivity contribution is -0.112. The van der Waals surface area contributed by atoms with Crippen LogP contribution in [0.1, 0.15) is 29.5 Å². The minimum absolute atomic E-state index is 0.0754. The Kier molecular flexibility index (Phi) is 5.55. The molecule has 0 bridgehead atoms. The van der Waals surface area contributed by atoms with Crippen molar-refractivity contribution in [1.82, 2.24) is 0 Å². The zero-order valence-electron chi connectivity index (χ0n) is 13.8. The maximum absolute atomic E-state index is 12.3. The van der Waals surface area contributed by atoms with Crippen LogP contribution >= 0.6 is 31.9 Å². The van der Waals surface area contributed by atoms with Crippen molar-refractivity contribution >= 4 is 38.1 Å². The van der Waals surface area contributed by atoms with Crippen LogP contribution in [-0.4, -0.2) is 6.29 Å². The molecule has 0 unspecified atom stereocenters. The first-order valence-corrected chi connectivity index (χ1v) is 9.66. The second-order valence-corrected chi connectivity index (χ2v) is 8.13. The maximum Gasteiger partial charge on any atom is 0.131 e. The summed E-state index contributed by atoms with van der Waals surface area (Å²) in [5.41, 5.74) is 2.58. The van der Waals surface area contributed by atoms with Gasteiger partial charge in [0.1, 0.15) is 6.29 Å². The third kappa shape index (κ3) is 3.78. The molecule has 0 aliphatic heterocycles. The first kappa shape index (κ1) is 18.1. The fraction of sp³-hybridized carbons (Fsp3) is 0.136. The Balaban J connectivity index is 2.20. The first-order valence-electron chi connectivity index (χ1n) is 8.07. The van der Waals surface area contributed by atoms with Gasteiger partial charge >= 0.3 is 0 Å². The van der Waals surface area contributed by atoms with Crippen molar-refractivity contribution < 1.29 is 4.79 Å². The summed E-state index contributed by atoms with van der Waals surface area (Å²) in [6.07, 6.45) is 1.08. The van der Waals surface area contributed by atoms with E-state index in [9.17, 15) is 4.79 Å². The van der Waals surface area contributed by atoms with Crippen molar-refractivity contribution in [2.75, 3.05) is 0 Å². The van der Waals surface area contributed by atoms with E-state index in [-0.39, 0.29) is 5.92 Å². The van der Waals surface area contributed by atoms with Gasteiger partial charge in [0.2, 0.25) is 0 Å². The molecule has 0 aromatic heterocycles. The van der Waals surface area contributed by atoms with E-state index in [4.69, 9.17) is 0 Å². The van der Waals surface area contributed by atoms with Gasteiger partial charge in [-0.2, -0.15) is 0 Å². The Hall–Kier alpha value is -1.71. The van der Waals surface area contributed by atoms with Gasteiger partial charge in [-0.3, -0.25) is 0 Å². The van der Waals surface area contributed by atoms with Crippen molar-refractivity contribution in [3.8, 4) is 0 Å². The number of hydrogen-bond acceptors (Lipinski definition) is 1. The number of benzene rings is 3. The van der Waals surface area contributed by atoms with E-state index in [2.05, 4.69) is 56.1 Å². The van der Waals surface area contributed by atoms with Crippen LogP contribution in [0.3, 0.4) is 0 Å². The number of hydrogen-bond donors (Lipinski definition) is 0. The van der Waals surface area contributed by atoms with E-state index in [1.807, 2.05) is 61.5 Å². The smallest absolute Gasteiger partial charge is 0.131 e. The van der Waals surface area contributed by atoms with Crippen molar-refractivity contribution in [2.24, 2.45) is 0 Å². The van der Waals surface area contributed by atoms with Crippen LogP contribution in [0.25, 0.3) is 0 Å². The highest BCUT2D eigenvalue weighted by Gasteiger charge is 2.38. The molecule has 3 aromatic rings. The van der Waals surface area contributed by atoms with Crippen LogP contribution in [0.5, 0.6) is 0 Å². The molecule has 3 heteroatoms. The van der Waals surface area contributed by atoms with Crippen molar-refractivity contribution in [3.05, 3.63) is 104 Å². The Labute approximate surface area is 165 Å². The predicted octanol–water partition coefficient (Wildman–Crippen LogP) is 6.50. The standard InChI is InChI=1S/C22H18Br2O/c1-22(15-25,18-5-3-2-4-6-18)21(16-7-11-19(23)12-8-16)17-9-13-20(24)14-10-17/h2-15,21H,1H3/t22-/m1/s1. The molecule has 3 rings (SSSR count). The van der Waals surface area contributed by atoms with Crippen molar-refractivity contribution in [2.45, 2.75) is 18.3 Å². The normalized spacial score (nSPS) is 13.4. The zero-order chi connectivity index (χ0) is 17.9. The average Bonchev–Trinajstić information content (AvgIpc) is 2.65. The Morgan fingerprint density at radius 1 is 0.760 bits per heavy atom. The number of rotatable bonds is 5. The molecule has 0 N–H and O–H groups in total. The van der Waals surface area contributed by atoms with Gasteiger partial charge in [0.25, 0.3) is 0 Å². The Bertz CT molecular complexity index is 796. The topological polar surface area (TPSA) is 17.1 Å². The van der Waals surface area contributed by atoms with Crippen LogP contribution in [-0.2, 0) is 10.2 Å². The summed E-state index contributed by atoms with van der Waals surface area (Å²) >= 11 is 6.99.